The van der Waals surface area contributed by atoms with Gasteiger partial charge in [-0.3, -0.25) is 4.90 Å². The summed E-state index contributed by atoms with van der Waals surface area (Å²) in [5.41, 5.74) is 24.9. The Balaban J connectivity index is 1.19. The Morgan fingerprint density at radius 1 is 0.462 bits per heavy atom. The van der Waals surface area contributed by atoms with Gasteiger partial charge in [0.05, 0.1) is 0 Å². The highest BCUT2D eigenvalue weighted by molar-refractivity contribution is 7.00. The fourth-order valence-electron chi connectivity index (χ4n) is 17.9. The first-order valence-corrected chi connectivity index (χ1v) is 31.3. The van der Waals surface area contributed by atoms with Gasteiger partial charge in [0, 0.05) is 33.9 Å². The molecular weight excluding hydrogens is 944 g/mol. The van der Waals surface area contributed by atoms with Gasteiger partial charge in [0.25, 0.3) is 6.71 Å². The molecule has 3 unspecified atom stereocenters. The van der Waals surface area contributed by atoms with Crippen molar-refractivity contribution in [1.29, 1.82) is 0 Å². The van der Waals surface area contributed by atoms with E-state index >= 15 is 0 Å². The minimum absolute atomic E-state index is 0.0179. The van der Waals surface area contributed by atoms with E-state index in [9.17, 15) is 0 Å². The Kier molecular flexibility index (Phi) is 11.1. The smallest absolute Gasteiger partial charge is 0.256 e. The Bertz CT molecular complexity index is 3390. The van der Waals surface area contributed by atoms with E-state index < -0.39 is 0 Å². The summed E-state index contributed by atoms with van der Waals surface area (Å²) in [6.45, 7) is 50.3. The fourth-order valence-corrected chi connectivity index (χ4v) is 17.9. The predicted octanol–water partition coefficient (Wildman–Crippen LogP) is 18.9. The first kappa shape index (κ1) is 52.9. The molecule has 0 saturated heterocycles. The Hall–Kier alpha value is -4.44. The minimum atomic E-state index is -0.117. The van der Waals surface area contributed by atoms with Gasteiger partial charge in [0.15, 0.2) is 5.88 Å². The molecule has 0 N–H and O–H groups in total. The van der Waals surface area contributed by atoms with Crippen LogP contribution in [0, 0.1) is 29.1 Å². The largest absolute Gasteiger partial charge is 0.444 e. The average Bonchev–Trinajstić information content (AvgIpc) is 3.79. The maximum atomic E-state index is 7.97. The van der Waals surface area contributed by atoms with Gasteiger partial charge in [-0.05, 0) is 247 Å². The average molecular weight is 1040 g/mol. The molecular formula is C74H97BN2O. The van der Waals surface area contributed by atoms with E-state index in [-0.39, 0.29) is 50.0 Å². The van der Waals surface area contributed by atoms with E-state index in [1.165, 1.54) is 153 Å². The van der Waals surface area contributed by atoms with Crippen LogP contribution < -0.4 is 26.2 Å². The molecule has 0 spiro atoms. The Morgan fingerprint density at radius 2 is 0.923 bits per heavy atom. The first-order chi connectivity index (χ1) is 36.2. The highest BCUT2D eigenvalue weighted by Crippen LogP contribution is 2.59. The zero-order valence-corrected chi connectivity index (χ0v) is 52.3. The lowest BCUT2D eigenvalue weighted by Crippen LogP contribution is -2.63. The molecule has 5 aromatic rings. The molecule has 0 radical (unpaired) electrons. The third kappa shape index (κ3) is 7.53. The zero-order chi connectivity index (χ0) is 55.8. The number of hydrogen-bond donors (Lipinski definition) is 0. The maximum absolute atomic E-state index is 7.97. The lowest BCUT2D eigenvalue weighted by Gasteiger charge is -2.50. The zero-order valence-electron chi connectivity index (χ0n) is 52.3. The van der Waals surface area contributed by atoms with Gasteiger partial charge < -0.3 is 9.32 Å². The second-order valence-electron chi connectivity index (χ2n) is 33.5. The second-order valence-corrected chi connectivity index (χ2v) is 33.5. The van der Waals surface area contributed by atoms with Crippen molar-refractivity contribution in [3.8, 4) is 0 Å². The first-order valence-electron chi connectivity index (χ1n) is 31.3. The van der Waals surface area contributed by atoms with Gasteiger partial charge in [-0.2, -0.15) is 0 Å². The van der Waals surface area contributed by atoms with Gasteiger partial charge in [0.1, 0.15) is 5.76 Å². The molecule has 13 rings (SSSR count). The number of furan rings is 1. The highest BCUT2D eigenvalue weighted by atomic mass is 16.4. The molecule has 3 nitrogen and oxygen atoms in total. The van der Waals surface area contributed by atoms with Gasteiger partial charge in [-0.25, -0.2) is 0 Å². The number of fused-ring (bicyclic) bond motifs is 10. The summed E-state index contributed by atoms with van der Waals surface area (Å²) < 4.78 is 7.97. The van der Waals surface area contributed by atoms with Crippen LogP contribution in [0.1, 0.15) is 259 Å². The molecule has 6 aliphatic carbocycles. The van der Waals surface area contributed by atoms with Crippen molar-refractivity contribution in [2.45, 2.75) is 252 Å². The van der Waals surface area contributed by atoms with Crippen molar-refractivity contribution < 1.29 is 4.42 Å². The molecule has 1 saturated carbocycles. The number of benzene rings is 4. The van der Waals surface area contributed by atoms with Crippen molar-refractivity contribution in [2.75, 3.05) is 9.80 Å². The van der Waals surface area contributed by atoms with Crippen LogP contribution in [0.15, 0.2) is 71.2 Å². The van der Waals surface area contributed by atoms with Crippen LogP contribution in [0.5, 0.6) is 0 Å². The summed E-state index contributed by atoms with van der Waals surface area (Å²) in [7, 11) is 0. The van der Waals surface area contributed by atoms with E-state index in [1.54, 1.807) is 5.57 Å². The van der Waals surface area contributed by atoms with Crippen LogP contribution >= 0.6 is 0 Å². The van der Waals surface area contributed by atoms with Gasteiger partial charge in [0.2, 0.25) is 0 Å². The predicted molar refractivity (Wildman–Crippen MR) is 335 cm³/mol. The summed E-state index contributed by atoms with van der Waals surface area (Å²) in [5, 5.41) is 0. The molecule has 4 heteroatoms. The third-order valence-electron chi connectivity index (χ3n) is 23.9. The quantitative estimate of drug-likeness (QED) is 0.164. The van der Waals surface area contributed by atoms with Gasteiger partial charge in [-0.15, -0.1) is 0 Å². The van der Waals surface area contributed by atoms with Crippen LogP contribution in [-0.2, 0) is 43.3 Å². The van der Waals surface area contributed by atoms with Crippen LogP contribution in [0.2, 0.25) is 0 Å². The summed E-state index contributed by atoms with van der Waals surface area (Å²) in [5.74, 6) is 4.61. The Labute approximate surface area is 473 Å². The molecule has 8 aliphatic rings. The van der Waals surface area contributed by atoms with Crippen molar-refractivity contribution in [3.63, 3.8) is 0 Å². The maximum Gasteiger partial charge on any atom is 0.256 e. The number of hydrogen-bond acceptors (Lipinski definition) is 3. The molecule has 1 fully saturated rings. The summed E-state index contributed by atoms with van der Waals surface area (Å²) >= 11 is 0. The van der Waals surface area contributed by atoms with E-state index in [1.807, 2.05) is 0 Å². The molecule has 412 valence electrons. The minimum Gasteiger partial charge on any atom is -0.444 e. The molecule has 2 aliphatic heterocycles. The van der Waals surface area contributed by atoms with E-state index in [0.717, 1.165) is 18.7 Å². The second kappa shape index (κ2) is 16.4. The molecule has 3 heterocycles. The SMILES string of the molecule is CC1CC2[C@@H](C=C1c1cc3c4c(c1)N(c1ccc5c(c1)C(C)(C)CCC5(C)C)c1oc5c(c1B4c1cc4c(cc1N3c1ccc3c(c1)C(C)(C)CCC3(C)C)C(C)(C)CCC4(C)C)C(C)(C)CCC5(C)C)C(C)CCC2(C)C. The monoisotopic (exact) mass is 1040 g/mol. The van der Waals surface area contributed by atoms with Crippen LogP contribution in [0.3, 0.4) is 0 Å². The van der Waals surface area contributed by atoms with E-state index in [4.69, 9.17) is 4.42 Å². The molecule has 4 aromatic carbocycles. The highest BCUT2D eigenvalue weighted by Gasteiger charge is 2.55. The van der Waals surface area contributed by atoms with Gasteiger partial charge in [-0.1, -0.05) is 163 Å². The molecule has 4 atom stereocenters. The third-order valence-corrected chi connectivity index (χ3v) is 23.9. The molecule has 1 aromatic heterocycles. The van der Waals surface area contributed by atoms with E-state index in [2.05, 4.69) is 215 Å². The van der Waals surface area contributed by atoms with Crippen molar-refractivity contribution in [2.24, 2.45) is 29.1 Å². The molecule has 78 heavy (non-hydrogen) atoms. The summed E-state index contributed by atoms with van der Waals surface area (Å²) in [6, 6.07) is 26.3. The van der Waals surface area contributed by atoms with E-state index in [0.29, 0.717) is 29.1 Å². The van der Waals surface area contributed by atoms with Crippen LogP contribution in [-0.4, -0.2) is 6.71 Å². The number of anilines is 6. The lowest BCUT2D eigenvalue weighted by molar-refractivity contribution is 0.0425. The number of allylic oxidation sites excluding steroid dienone is 2. The summed E-state index contributed by atoms with van der Waals surface area (Å²) in [4.78, 5) is 5.50. The summed E-state index contributed by atoms with van der Waals surface area (Å²) in [6.07, 6.45) is 16.0. The normalized spacial score (nSPS) is 28.1. The van der Waals surface area contributed by atoms with Crippen LogP contribution in [0.4, 0.5) is 34.3 Å². The van der Waals surface area contributed by atoms with Crippen LogP contribution in [0.25, 0.3) is 5.57 Å². The number of rotatable bonds is 3. The van der Waals surface area contributed by atoms with Crippen molar-refractivity contribution in [3.05, 3.63) is 117 Å². The Morgan fingerprint density at radius 3 is 1.47 bits per heavy atom. The van der Waals surface area contributed by atoms with Crippen molar-refractivity contribution in [1.82, 2.24) is 0 Å². The van der Waals surface area contributed by atoms with Crippen molar-refractivity contribution >= 4 is 63.0 Å². The number of nitrogens with zero attached hydrogens (tertiary/aromatic N) is 2. The molecule has 0 amide bonds. The topological polar surface area (TPSA) is 19.6 Å². The lowest BCUT2D eigenvalue weighted by atomic mass is 9.32. The molecule has 0 bridgehead atoms. The standard InChI is InChI=1S/C74H97BN2O/c1-43-25-26-66(3,4)52-35-44(2)48(40-49(43)52)45-36-59-62-60(37-45)77(47-22-24-51-54(39-47)70(11,12)30-28-68(51,7)8)65-63(61-64(78-65)74(19,20)34-33-73(61,17)18)75(62)57-41-55-56(72(15,16)32-31-71(55,13)14)42-58(57)76(59)46-21-23-50-53(38-46)69(9,10)29-27-67(50,5)6/h21-24,36-44,49,52H,25-35H2,1-20H3/t43?,44?,49-,52?/m0/s1. The fraction of sp³-hybridized carbons (Fsp3) is 0.595. The van der Waals surface area contributed by atoms with Gasteiger partial charge >= 0.3 is 0 Å².